The zero-order valence-electron chi connectivity index (χ0n) is 10.1. The average Bonchev–Trinajstić information content (AvgIpc) is 2.71. The molecule has 0 aliphatic heterocycles. The van der Waals surface area contributed by atoms with Crippen molar-refractivity contribution in [3.63, 3.8) is 0 Å². The van der Waals surface area contributed by atoms with E-state index in [1.807, 2.05) is 18.2 Å². The van der Waals surface area contributed by atoms with Crippen LogP contribution in [0.1, 0.15) is 37.4 Å². The minimum atomic E-state index is -0.422. The molecule has 0 aromatic heterocycles. The van der Waals surface area contributed by atoms with Crippen molar-refractivity contribution in [1.29, 1.82) is 0 Å². The fraction of sp³-hybridized carbons (Fsp3) is 0.357. The van der Waals surface area contributed by atoms with Gasteiger partial charge in [-0.15, -0.1) is 0 Å². The van der Waals surface area contributed by atoms with E-state index in [1.54, 1.807) is 0 Å². The first-order valence-corrected chi connectivity index (χ1v) is 5.81. The van der Waals surface area contributed by atoms with E-state index in [-0.39, 0.29) is 17.5 Å². The zero-order chi connectivity index (χ0) is 12.4. The van der Waals surface area contributed by atoms with Gasteiger partial charge >= 0.3 is 0 Å². The van der Waals surface area contributed by atoms with E-state index in [2.05, 4.69) is 11.4 Å². The lowest BCUT2D eigenvalue weighted by molar-refractivity contribution is -0.118. The topological polar surface area (TPSA) is 29.1 Å². The molecule has 1 aliphatic carbocycles. The van der Waals surface area contributed by atoms with Gasteiger partial charge in [0.05, 0.1) is 6.04 Å². The highest BCUT2D eigenvalue weighted by Gasteiger charge is 2.23. The number of nitrogens with one attached hydrogen (secondary N) is 1. The summed E-state index contributed by atoms with van der Waals surface area (Å²) in [4.78, 5) is 11.7. The Labute approximate surface area is 101 Å². The number of amides is 1. The van der Waals surface area contributed by atoms with Crippen molar-refractivity contribution < 1.29 is 9.18 Å². The molecule has 0 radical (unpaired) electrons. The van der Waals surface area contributed by atoms with Crippen molar-refractivity contribution in [3.8, 4) is 0 Å². The summed E-state index contributed by atoms with van der Waals surface area (Å²) < 4.78 is 12.9. The minimum absolute atomic E-state index is 0.0213. The molecule has 90 valence electrons. The van der Waals surface area contributed by atoms with Gasteiger partial charge < -0.3 is 5.32 Å². The number of aryl methyl sites for hydroxylation is 1. The van der Waals surface area contributed by atoms with E-state index in [9.17, 15) is 9.18 Å². The lowest BCUT2D eigenvalue weighted by Gasteiger charge is -2.14. The number of hydrogen-bond donors (Lipinski definition) is 1. The number of fused-ring (bicyclic) bond motifs is 1. The minimum Gasteiger partial charge on any atom is -0.345 e. The molecule has 17 heavy (non-hydrogen) atoms. The van der Waals surface area contributed by atoms with Crippen molar-refractivity contribution in [2.24, 2.45) is 0 Å². The first kappa shape index (κ1) is 11.8. The van der Waals surface area contributed by atoms with Crippen LogP contribution in [0.4, 0.5) is 4.39 Å². The molecule has 1 aromatic rings. The molecule has 2 rings (SSSR count). The van der Waals surface area contributed by atoms with E-state index < -0.39 is 5.83 Å². The van der Waals surface area contributed by atoms with E-state index in [1.165, 1.54) is 19.4 Å². The van der Waals surface area contributed by atoms with Crippen LogP contribution in [0.15, 0.2) is 35.7 Å². The van der Waals surface area contributed by atoms with Crippen LogP contribution in [0.25, 0.3) is 0 Å². The van der Waals surface area contributed by atoms with Crippen LogP contribution in [0.5, 0.6) is 0 Å². The van der Waals surface area contributed by atoms with Gasteiger partial charge in [-0.1, -0.05) is 24.3 Å². The molecular weight excluding hydrogens is 217 g/mol. The number of halogens is 1. The Morgan fingerprint density at radius 2 is 2.06 bits per heavy atom. The van der Waals surface area contributed by atoms with Gasteiger partial charge in [0.25, 0.3) is 0 Å². The Morgan fingerprint density at radius 1 is 1.35 bits per heavy atom. The fourth-order valence-corrected chi connectivity index (χ4v) is 2.13. The van der Waals surface area contributed by atoms with Crippen LogP contribution in [0, 0.1) is 0 Å². The number of allylic oxidation sites excluding steroid dienone is 1. The summed E-state index contributed by atoms with van der Waals surface area (Å²) in [7, 11) is 0. The molecule has 0 saturated carbocycles. The smallest absolute Gasteiger partial charge is 0.249 e. The quantitative estimate of drug-likeness (QED) is 0.781. The number of rotatable bonds is 2. The van der Waals surface area contributed by atoms with Crippen LogP contribution in [0.3, 0.4) is 0 Å². The largest absolute Gasteiger partial charge is 0.345 e. The Bertz CT molecular complexity index is 475. The Morgan fingerprint density at radius 3 is 2.76 bits per heavy atom. The van der Waals surface area contributed by atoms with Crippen molar-refractivity contribution in [3.05, 3.63) is 46.8 Å². The SMILES string of the molecule is C/C(F)=C(/C)C(=O)NC1CCc2ccccc21. The molecule has 0 spiro atoms. The average molecular weight is 233 g/mol. The van der Waals surface area contributed by atoms with Gasteiger partial charge in [-0.25, -0.2) is 4.39 Å². The molecule has 0 saturated heterocycles. The molecule has 2 nitrogen and oxygen atoms in total. The monoisotopic (exact) mass is 233 g/mol. The summed E-state index contributed by atoms with van der Waals surface area (Å²) in [5, 5.41) is 2.88. The molecule has 1 N–H and O–H groups in total. The molecule has 1 amide bonds. The van der Waals surface area contributed by atoms with Gasteiger partial charge in [-0.05, 0) is 37.8 Å². The molecule has 1 aliphatic rings. The van der Waals surface area contributed by atoms with Gasteiger partial charge in [0.2, 0.25) is 5.91 Å². The van der Waals surface area contributed by atoms with Gasteiger partial charge in [0.15, 0.2) is 0 Å². The van der Waals surface area contributed by atoms with Crippen LogP contribution < -0.4 is 5.32 Å². The first-order chi connectivity index (χ1) is 8.09. The standard InChI is InChI=1S/C14H16FNO/c1-9(10(2)15)14(17)16-13-8-7-11-5-3-4-6-12(11)13/h3-6,13H,7-8H2,1-2H3,(H,16,17)/b10-9+. The molecule has 0 bridgehead atoms. The highest BCUT2D eigenvalue weighted by atomic mass is 19.1. The van der Waals surface area contributed by atoms with E-state index >= 15 is 0 Å². The van der Waals surface area contributed by atoms with Crippen LogP contribution in [0.2, 0.25) is 0 Å². The maximum Gasteiger partial charge on any atom is 0.249 e. The first-order valence-electron chi connectivity index (χ1n) is 5.81. The highest BCUT2D eigenvalue weighted by Crippen LogP contribution is 2.30. The maximum atomic E-state index is 12.9. The van der Waals surface area contributed by atoms with E-state index in [0.29, 0.717) is 0 Å². The normalized spacial score (nSPS) is 19.6. The van der Waals surface area contributed by atoms with Crippen LogP contribution in [-0.2, 0) is 11.2 Å². The van der Waals surface area contributed by atoms with Crippen molar-refractivity contribution in [2.45, 2.75) is 32.7 Å². The second-order valence-electron chi connectivity index (χ2n) is 4.42. The van der Waals surface area contributed by atoms with Crippen LogP contribution in [-0.4, -0.2) is 5.91 Å². The van der Waals surface area contributed by atoms with E-state index in [4.69, 9.17) is 0 Å². The summed E-state index contributed by atoms with van der Waals surface area (Å²) in [6, 6.07) is 8.08. The van der Waals surface area contributed by atoms with Gasteiger partial charge in [0.1, 0.15) is 5.83 Å². The van der Waals surface area contributed by atoms with E-state index in [0.717, 1.165) is 18.4 Å². The lowest BCUT2D eigenvalue weighted by Crippen LogP contribution is -2.28. The summed E-state index contributed by atoms with van der Waals surface area (Å²) in [5.41, 5.74) is 2.59. The predicted octanol–water partition coefficient (Wildman–Crippen LogP) is 3.05. The summed E-state index contributed by atoms with van der Waals surface area (Å²) in [5.74, 6) is -0.736. The molecule has 3 heteroatoms. The summed E-state index contributed by atoms with van der Waals surface area (Å²) in [6.45, 7) is 2.81. The third-order valence-electron chi connectivity index (χ3n) is 3.30. The lowest BCUT2D eigenvalue weighted by atomic mass is 10.1. The molecule has 0 heterocycles. The Balaban J connectivity index is 2.13. The van der Waals surface area contributed by atoms with Crippen molar-refractivity contribution >= 4 is 5.91 Å². The van der Waals surface area contributed by atoms with Gasteiger partial charge in [-0.2, -0.15) is 0 Å². The Hall–Kier alpha value is -1.64. The second kappa shape index (κ2) is 4.70. The second-order valence-corrected chi connectivity index (χ2v) is 4.42. The summed E-state index contributed by atoms with van der Waals surface area (Å²) >= 11 is 0. The van der Waals surface area contributed by atoms with Gasteiger partial charge in [0, 0.05) is 5.57 Å². The molecule has 1 atom stereocenters. The van der Waals surface area contributed by atoms with Crippen molar-refractivity contribution in [2.75, 3.05) is 0 Å². The van der Waals surface area contributed by atoms with Gasteiger partial charge in [-0.3, -0.25) is 4.79 Å². The number of hydrogen-bond acceptors (Lipinski definition) is 1. The number of carbonyl (C=O) groups excluding carboxylic acids is 1. The van der Waals surface area contributed by atoms with Crippen LogP contribution >= 0.6 is 0 Å². The Kier molecular flexibility index (Phi) is 3.27. The third kappa shape index (κ3) is 2.38. The third-order valence-corrected chi connectivity index (χ3v) is 3.30. The molecular formula is C14H16FNO. The highest BCUT2D eigenvalue weighted by molar-refractivity contribution is 5.93. The molecule has 1 unspecified atom stereocenters. The van der Waals surface area contributed by atoms with Crippen molar-refractivity contribution in [1.82, 2.24) is 5.32 Å². The maximum absolute atomic E-state index is 12.9. The molecule has 0 fully saturated rings. The predicted molar refractivity (Wildman–Crippen MR) is 65.1 cm³/mol. The zero-order valence-corrected chi connectivity index (χ0v) is 10.1. The number of carbonyl (C=O) groups is 1. The summed E-state index contributed by atoms with van der Waals surface area (Å²) in [6.07, 6.45) is 1.86. The molecule has 1 aromatic carbocycles. The number of benzene rings is 1. The fourth-order valence-electron chi connectivity index (χ4n) is 2.13.